The number of hydrogen-bond donors (Lipinski definition) is 0. The molecule has 2 aliphatic heterocycles. The van der Waals surface area contributed by atoms with E-state index in [2.05, 4.69) is 26.7 Å². The number of carbonyl (C=O) groups is 1. The standard InChI is InChI=1S/C17H27N5O3S/c1-3-20-8-10-21(11-9-20)17-18-7-5-15(19-17)16(23)22(4-2)14-6-12-26(24,25)13-14/h5,7,14H,3-4,6,8-13H2,1-2H3. The Hall–Kier alpha value is -1.74. The van der Waals surface area contributed by atoms with Gasteiger partial charge >= 0.3 is 0 Å². The molecule has 1 amide bonds. The lowest BCUT2D eigenvalue weighted by Crippen LogP contribution is -2.47. The largest absolute Gasteiger partial charge is 0.338 e. The van der Waals surface area contributed by atoms with Crippen LogP contribution in [-0.2, 0) is 9.84 Å². The van der Waals surface area contributed by atoms with Crippen LogP contribution >= 0.6 is 0 Å². The highest BCUT2D eigenvalue weighted by Crippen LogP contribution is 2.20. The number of piperazine rings is 1. The van der Waals surface area contributed by atoms with Gasteiger partial charge in [-0.1, -0.05) is 6.92 Å². The molecule has 1 aromatic rings. The van der Waals surface area contributed by atoms with E-state index in [-0.39, 0.29) is 23.5 Å². The van der Waals surface area contributed by atoms with Crippen molar-refractivity contribution in [3.8, 4) is 0 Å². The predicted octanol–water partition coefficient (Wildman–Crippen LogP) is 0.268. The Labute approximate surface area is 155 Å². The first-order valence-electron chi connectivity index (χ1n) is 9.25. The first-order chi connectivity index (χ1) is 12.4. The van der Waals surface area contributed by atoms with E-state index in [1.54, 1.807) is 17.2 Å². The maximum absolute atomic E-state index is 12.9. The zero-order chi connectivity index (χ0) is 18.7. The Morgan fingerprint density at radius 2 is 2.00 bits per heavy atom. The number of anilines is 1. The maximum Gasteiger partial charge on any atom is 0.272 e. The highest BCUT2D eigenvalue weighted by atomic mass is 32.2. The quantitative estimate of drug-likeness (QED) is 0.723. The second-order valence-corrected chi connectivity index (χ2v) is 9.04. The van der Waals surface area contributed by atoms with Gasteiger partial charge in [0.1, 0.15) is 5.69 Å². The van der Waals surface area contributed by atoms with E-state index in [4.69, 9.17) is 0 Å². The fourth-order valence-corrected chi connectivity index (χ4v) is 5.35. The van der Waals surface area contributed by atoms with Gasteiger partial charge in [0, 0.05) is 45.0 Å². The second-order valence-electron chi connectivity index (χ2n) is 6.81. The van der Waals surface area contributed by atoms with Crippen molar-refractivity contribution in [3.05, 3.63) is 18.0 Å². The molecule has 3 rings (SSSR count). The number of hydrogen-bond acceptors (Lipinski definition) is 7. The maximum atomic E-state index is 12.9. The molecule has 3 heterocycles. The fourth-order valence-electron chi connectivity index (χ4n) is 3.62. The fraction of sp³-hybridized carbons (Fsp3) is 0.706. The van der Waals surface area contributed by atoms with E-state index in [0.717, 1.165) is 32.7 Å². The molecule has 26 heavy (non-hydrogen) atoms. The normalized spacial score (nSPS) is 23.2. The summed E-state index contributed by atoms with van der Waals surface area (Å²) in [6.07, 6.45) is 2.11. The summed E-state index contributed by atoms with van der Waals surface area (Å²) >= 11 is 0. The topological polar surface area (TPSA) is 86.7 Å². The molecular weight excluding hydrogens is 354 g/mol. The molecule has 2 fully saturated rings. The lowest BCUT2D eigenvalue weighted by molar-refractivity contribution is 0.0702. The first-order valence-corrected chi connectivity index (χ1v) is 11.1. The van der Waals surface area contributed by atoms with Gasteiger partial charge < -0.3 is 14.7 Å². The van der Waals surface area contributed by atoms with Crippen molar-refractivity contribution in [2.24, 2.45) is 0 Å². The number of likely N-dealkylation sites (N-methyl/N-ethyl adjacent to an activating group) is 1. The summed E-state index contributed by atoms with van der Waals surface area (Å²) < 4.78 is 23.5. The molecule has 0 bridgehead atoms. The molecule has 2 aliphatic rings. The molecular formula is C17H27N5O3S. The van der Waals surface area contributed by atoms with Crippen molar-refractivity contribution >= 4 is 21.7 Å². The van der Waals surface area contributed by atoms with Gasteiger partial charge in [0.25, 0.3) is 5.91 Å². The van der Waals surface area contributed by atoms with Crippen molar-refractivity contribution in [1.29, 1.82) is 0 Å². The summed E-state index contributed by atoms with van der Waals surface area (Å²) in [7, 11) is -3.04. The minimum absolute atomic E-state index is 0.0451. The highest BCUT2D eigenvalue weighted by Gasteiger charge is 2.34. The number of amides is 1. The van der Waals surface area contributed by atoms with Gasteiger partial charge in [0.2, 0.25) is 5.95 Å². The van der Waals surface area contributed by atoms with E-state index < -0.39 is 9.84 Å². The van der Waals surface area contributed by atoms with Crippen LogP contribution in [0.5, 0.6) is 0 Å². The zero-order valence-corrected chi connectivity index (χ0v) is 16.3. The molecule has 0 radical (unpaired) electrons. The number of nitrogens with zero attached hydrogens (tertiary/aromatic N) is 5. The molecule has 144 valence electrons. The van der Waals surface area contributed by atoms with Crippen molar-refractivity contribution < 1.29 is 13.2 Å². The number of aromatic nitrogens is 2. The van der Waals surface area contributed by atoms with Gasteiger partial charge in [-0.25, -0.2) is 18.4 Å². The van der Waals surface area contributed by atoms with Crippen LogP contribution in [0.1, 0.15) is 30.8 Å². The van der Waals surface area contributed by atoms with Crippen LogP contribution < -0.4 is 4.90 Å². The summed E-state index contributed by atoms with van der Waals surface area (Å²) in [5.41, 5.74) is 0.332. The molecule has 0 saturated carbocycles. The van der Waals surface area contributed by atoms with Crippen LogP contribution in [0.4, 0.5) is 5.95 Å². The van der Waals surface area contributed by atoms with Gasteiger partial charge in [-0.15, -0.1) is 0 Å². The third kappa shape index (κ3) is 4.15. The van der Waals surface area contributed by atoms with Gasteiger partial charge in [-0.3, -0.25) is 4.79 Å². The molecule has 1 unspecified atom stereocenters. The number of rotatable bonds is 5. The Morgan fingerprint density at radius 1 is 1.27 bits per heavy atom. The van der Waals surface area contributed by atoms with Gasteiger partial charge in [-0.2, -0.15) is 0 Å². The van der Waals surface area contributed by atoms with Gasteiger partial charge in [0.15, 0.2) is 9.84 Å². The SMILES string of the molecule is CCN1CCN(c2nccc(C(=O)N(CC)C3CCS(=O)(=O)C3)n2)CC1. The van der Waals surface area contributed by atoms with E-state index in [1.807, 2.05) is 6.92 Å². The van der Waals surface area contributed by atoms with E-state index in [9.17, 15) is 13.2 Å². The van der Waals surface area contributed by atoms with Crippen LogP contribution in [0.2, 0.25) is 0 Å². The average Bonchev–Trinajstić information content (AvgIpc) is 3.02. The lowest BCUT2D eigenvalue weighted by atomic mass is 10.2. The molecule has 1 aromatic heterocycles. The summed E-state index contributed by atoms with van der Waals surface area (Å²) in [4.78, 5) is 27.8. The molecule has 2 saturated heterocycles. The lowest BCUT2D eigenvalue weighted by Gasteiger charge is -2.34. The van der Waals surface area contributed by atoms with Crippen LogP contribution in [0.15, 0.2) is 12.3 Å². The molecule has 1 atom stereocenters. The summed E-state index contributed by atoms with van der Waals surface area (Å²) in [5, 5.41) is 0. The Kier molecular flexibility index (Phi) is 5.76. The predicted molar refractivity (Wildman–Crippen MR) is 100 cm³/mol. The Morgan fingerprint density at radius 3 is 2.58 bits per heavy atom. The molecule has 0 aromatic carbocycles. The number of sulfone groups is 1. The summed E-state index contributed by atoms with van der Waals surface area (Å²) in [6, 6.07) is 1.35. The van der Waals surface area contributed by atoms with Crippen LogP contribution in [-0.4, -0.2) is 90.9 Å². The molecule has 0 spiro atoms. The third-order valence-electron chi connectivity index (χ3n) is 5.22. The first kappa shape index (κ1) is 19.0. The van der Waals surface area contributed by atoms with Gasteiger partial charge in [-0.05, 0) is 26.0 Å². The molecule has 9 heteroatoms. The monoisotopic (exact) mass is 381 g/mol. The van der Waals surface area contributed by atoms with Crippen LogP contribution in [0.25, 0.3) is 0 Å². The number of carbonyl (C=O) groups excluding carboxylic acids is 1. The highest BCUT2D eigenvalue weighted by molar-refractivity contribution is 7.91. The molecule has 8 nitrogen and oxygen atoms in total. The van der Waals surface area contributed by atoms with E-state index >= 15 is 0 Å². The Bertz CT molecular complexity index is 747. The minimum Gasteiger partial charge on any atom is -0.338 e. The van der Waals surface area contributed by atoms with Crippen LogP contribution in [0.3, 0.4) is 0 Å². The van der Waals surface area contributed by atoms with Crippen molar-refractivity contribution in [1.82, 2.24) is 19.8 Å². The van der Waals surface area contributed by atoms with Crippen molar-refractivity contribution in [2.45, 2.75) is 26.3 Å². The minimum atomic E-state index is -3.04. The second kappa shape index (κ2) is 7.87. The van der Waals surface area contributed by atoms with Gasteiger partial charge in [0.05, 0.1) is 11.5 Å². The van der Waals surface area contributed by atoms with Crippen molar-refractivity contribution in [2.75, 3.05) is 55.7 Å². The zero-order valence-electron chi connectivity index (χ0n) is 15.5. The summed E-state index contributed by atoms with van der Waals surface area (Å²) in [5.74, 6) is 0.550. The average molecular weight is 382 g/mol. The van der Waals surface area contributed by atoms with Crippen LogP contribution in [0, 0.1) is 0 Å². The smallest absolute Gasteiger partial charge is 0.272 e. The van der Waals surface area contributed by atoms with Crippen molar-refractivity contribution in [3.63, 3.8) is 0 Å². The Balaban J connectivity index is 1.73. The summed E-state index contributed by atoms with van der Waals surface area (Å²) in [6.45, 7) is 9.10. The molecule has 0 N–H and O–H groups in total. The third-order valence-corrected chi connectivity index (χ3v) is 6.97. The van der Waals surface area contributed by atoms with E-state index in [0.29, 0.717) is 24.6 Å². The molecule has 0 aliphatic carbocycles. The van der Waals surface area contributed by atoms with E-state index in [1.165, 1.54) is 0 Å².